The van der Waals surface area contributed by atoms with Gasteiger partial charge in [-0.2, -0.15) is 0 Å². The van der Waals surface area contributed by atoms with E-state index in [0.717, 1.165) is 4.47 Å². The first-order chi connectivity index (χ1) is 12.0. The van der Waals surface area contributed by atoms with E-state index in [9.17, 15) is 14.4 Å². The van der Waals surface area contributed by atoms with Crippen LogP contribution in [0.25, 0.3) is 0 Å². The topological polar surface area (TPSA) is 82.9 Å². The SMILES string of the molecule is O=C(Nc1ccc(Br)cc1)C(=O)N1CCN(C(=O)c2ccco2)CC1. The lowest BCUT2D eigenvalue weighted by Crippen LogP contribution is -2.52. The van der Waals surface area contributed by atoms with Gasteiger partial charge in [0.05, 0.1) is 6.26 Å². The van der Waals surface area contributed by atoms with E-state index >= 15 is 0 Å². The maximum atomic E-state index is 12.3. The van der Waals surface area contributed by atoms with Crippen LogP contribution in [0.5, 0.6) is 0 Å². The van der Waals surface area contributed by atoms with Gasteiger partial charge in [-0.15, -0.1) is 0 Å². The van der Waals surface area contributed by atoms with Crippen molar-refractivity contribution in [1.82, 2.24) is 9.80 Å². The first kappa shape index (κ1) is 17.2. The van der Waals surface area contributed by atoms with Crippen LogP contribution in [0, 0.1) is 0 Å². The predicted molar refractivity (Wildman–Crippen MR) is 94.0 cm³/mol. The minimum atomic E-state index is -0.687. The van der Waals surface area contributed by atoms with Crippen LogP contribution in [0.2, 0.25) is 0 Å². The summed E-state index contributed by atoms with van der Waals surface area (Å²) in [5.74, 6) is -1.23. The number of hydrogen-bond acceptors (Lipinski definition) is 4. The molecular formula is C17H16BrN3O4. The van der Waals surface area contributed by atoms with Gasteiger partial charge in [0.15, 0.2) is 5.76 Å². The molecule has 0 spiro atoms. The largest absolute Gasteiger partial charge is 0.459 e. The molecule has 7 nitrogen and oxygen atoms in total. The molecule has 0 aliphatic carbocycles. The van der Waals surface area contributed by atoms with Crippen molar-refractivity contribution in [2.24, 2.45) is 0 Å². The summed E-state index contributed by atoms with van der Waals surface area (Å²) in [5.41, 5.74) is 0.549. The summed E-state index contributed by atoms with van der Waals surface area (Å²) in [7, 11) is 0. The van der Waals surface area contributed by atoms with Gasteiger partial charge in [0.2, 0.25) is 0 Å². The summed E-state index contributed by atoms with van der Waals surface area (Å²) < 4.78 is 5.98. The lowest BCUT2D eigenvalue weighted by molar-refractivity contribution is -0.144. The number of carbonyl (C=O) groups excluding carboxylic acids is 3. The van der Waals surface area contributed by atoms with Crippen molar-refractivity contribution in [3.63, 3.8) is 0 Å². The molecule has 2 heterocycles. The molecule has 3 rings (SSSR count). The molecule has 25 heavy (non-hydrogen) atoms. The van der Waals surface area contributed by atoms with E-state index in [1.807, 2.05) is 0 Å². The Morgan fingerprint density at radius 2 is 1.60 bits per heavy atom. The van der Waals surface area contributed by atoms with Crippen LogP contribution in [0.3, 0.4) is 0 Å². The molecular weight excluding hydrogens is 390 g/mol. The fourth-order valence-electron chi connectivity index (χ4n) is 2.53. The summed E-state index contributed by atoms with van der Waals surface area (Å²) in [4.78, 5) is 39.6. The first-order valence-electron chi connectivity index (χ1n) is 7.73. The summed E-state index contributed by atoms with van der Waals surface area (Å²) in [6, 6.07) is 10.2. The molecule has 130 valence electrons. The summed E-state index contributed by atoms with van der Waals surface area (Å²) in [6.07, 6.45) is 1.44. The zero-order chi connectivity index (χ0) is 17.8. The maximum absolute atomic E-state index is 12.3. The first-order valence-corrected chi connectivity index (χ1v) is 8.52. The van der Waals surface area contributed by atoms with E-state index < -0.39 is 11.8 Å². The minimum absolute atomic E-state index is 0.212. The second kappa shape index (κ2) is 7.52. The molecule has 1 aliphatic heterocycles. The Labute approximate surface area is 152 Å². The van der Waals surface area contributed by atoms with Crippen LogP contribution in [-0.4, -0.2) is 53.7 Å². The van der Waals surface area contributed by atoms with Gasteiger partial charge in [-0.25, -0.2) is 0 Å². The average molecular weight is 406 g/mol. The molecule has 1 aliphatic rings. The number of rotatable bonds is 2. The number of hydrogen-bond donors (Lipinski definition) is 1. The lowest BCUT2D eigenvalue weighted by Gasteiger charge is -2.33. The Kier molecular flexibility index (Phi) is 5.18. The number of amides is 3. The van der Waals surface area contributed by atoms with Crippen LogP contribution in [0.1, 0.15) is 10.6 Å². The highest BCUT2D eigenvalue weighted by atomic mass is 79.9. The van der Waals surface area contributed by atoms with Gasteiger partial charge < -0.3 is 19.5 Å². The number of piperazine rings is 1. The monoisotopic (exact) mass is 405 g/mol. The highest BCUT2D eigenvalue weighted by Crippen LogP contribution is 2.14. The number of anilines is 1. The van der Waals surface area contributed by atoms with Crippen molar-refractivity contribution < 1.29 is 18.8 Å². The standard InChI is InChI=1S/C17H16BrN3O4/c18-12-3-5-13(6-4-12)19-15(22)17(24)21-9-7-20(8-10-21)16(23)14-2-1-11-25-14/h1-6,11H,7-10H2,(H,19,22). The summed E-state index contributed by atoms with van der Waals surface area (Å²) in [5, 5.41) is 2.58. The highest BCUT2D eigenvalue weighted by Gasteiger charge is 2.29. The zero-order valence-electron chi connectivity index (χ0n) is 13.3. The molecule has 2 aromatic rings. The van der Waals surface area contributed by atoms with Gasteiger partial charge in [0.25, 0.3) is 5.91 Å². The third kappa shape index (κ3) is 4.08. The van der Waals surface area contributed by atoms with Gasteiger partial charge in [0.1, 0.15) is 0 Å². The predicted octanol–water partition coefficient (Wildman–Crippen LogP) is 1.97. The summed E-state index contributed by atoms with van der Waals surface area (Å²) in [6.45, 7) is 1.33. The van der Waals surface area contributed by atoms with Crippen molar-refractivity contribution in [2.45, 2.75) is 0 Å². The fourth-order valence-corrected chi connectivity index (χ4v) is 2.79. The molecule has 1 saturated heterocycles. The van der Waals surface area contributed by atoms with Gasteiger partial charge in [-0.1, -0.05) is 15.9 Å². The smallest absolute Gasteiger partial charge is 0.313 e. The number of furan rings is 1. The van der Waals surface area contributed by atoms with Crippen molar-refractivity contribution in [2.75, 3.05) is 31.5 Å². The van der Waals surface area contributed by atoms with Gasteiger partial charge >= 0.3 is 11.8 Å². The molecule has 0 atom stereocenters. The highest BCUT2D eigenvalue weighted by molar-refractivity contribution is 9.10. The van der Waals surface area contributed by atoms with E-state index in [1.165, 1.54) is 11.2 Å². The van der Waals surface area contributed by atoms with Crippen LogP contribution >= 0.6 is 15.9 Å². The van der Waals surface area contributed by atoms with E-state index in [0.29, 0.717) is 31.9 Å². The number of nitrogens with one attached hydrogen (secondary N) is 1. The van der Waals surface area contributed by atoms with E-state index in [-0.39, 0.29) is 11.7 Å². The number of halogens is 1. The minimum Gasteiger partial charge on any atom is -0.459 e. The van der Waals surface area contributed by atoms with Crippen molar-refractivity contribution in [3.05, 3.63) is 52.9 Å². The molecule has 1 N–H and O–H groups in total. The van der Waals surface area contributed by atoms with Gasteiger partial charge in [-0.3, -0.25) is 14.4 Å². The number of carbonyl (C=O) groups is 3. The molecule has 0 unspecified atom stereocenters. The van der Waals surface area contributed by atoms with Crippen LogP contribution in [0.15, 0.2) is 51.6 Å². The Hall–Kier alpha value is -2.61. The summed E-state index contributed by atoms with van der Waals surface area (Å²) >= 11 is 3.31. The number of nitrogens with zero attached hydrogens (tertiary/aromatic N) is 2. The molecule has 0 radical (unpaired) electrons. The average Bonchev–Trinajstić information content (AvgIpc) is 3.17. The van der Waals surface area contributed by atoms with Gasteiger partial charge in [0, 0.05) is 36.3 Å². The third-order valence-corrected chi connectivity index (χ3v) is 4.41. The zero-order valence-corrected chi connectivity index (χ0v) is 14.9. The van der Waals surface area contributed by atoms with E-state index in [2.05, 4.69) is 21.2 Å². The van der Waals surface area contributed by atoms with Crippen molar-refractivity contribution in [1.29, 1.82) is 0 Å². The molecule has 1 aromatic heterocycles. The maximum Gasteiger partial charge on any atom is 0.313 e. The van der Waals surface area contributed by atoms with Crippen molar-refractivity contribution in [3.8, 4) is 0 Å². The fraction of sp³-hybridized carbons (Fsp3) is 0.235. The second-order valence-corrected chi connectivity index (χ2v) is 6.44. The Balaban J connectivity index is 1.53. The Bertz CT molecular complexity index is 766. The normalized spacial score (nSPS) is 14.3. The molecule has 0 bridgehead atoms. The Morgan fingerprint density at radius 3 is 2.20 bits per heavy atom. The third-order valence-electron chi connectivity index (χ3n) is 3.88. The van der Waals surface area contributed by atoms with Crippen LogP contribution in [0.4, 0.5) is 5.69 Å². The van der Waals surface area contributed by atoms with Crippen LogP contribution < -0.4 is 5.32 Å². The molecule has 8 heteroatoms. The molecule has 0 saturated carbocycles. The molecule has 1 fully saturated rings. The van der Waals surface area contributed by atoms with Crippen molar-refractivity contribution >= 4 is 39.3 Å². The quantitative estimate of drug-likeness (QED) is 0.774. The van der Waals surface area contributed by atoms with Crippen LogP contribution in [-0.2, 0) is 9.59 Å². The Morgan fingerprint density at radius 1 is 0.960 bits per heavy atom. The van der Waals surface area contributed by atoms with Gasteiger partial charge in [-0.05, 0) is 36.4 Å². The second-order valence-electron chi connectivity index (χ2n) is 5.52. The lowest BCUT2D eigenvalue weighted by atomic mass is 10.2. The van der Waals surface area contributed by atoms with E-state index in [1.54, 1.807) is 41.3 Å². The molecule has 3 amide bonds. The van der Waals surface area contributed by atoms with E-state index in [4.69, 9.17) is 4.42 Å². The molecule has 1 aromatic carbocycles. The number of benzene rings is 1.